The lowest BCUT2D eigenvalue weighted by molar-refractivity contribution is 0.0677. The number of carbonyl (C=O) groups is 2. The number of aromatic hydroxyl groups is 1. The van der Waals surface area contributed by atoms with E-state index in [2.05, 4.69) is 5.32 Å². The number of likely N-dealkylation sites (tertiary alicyclic amines) is 1. The number of rotatable bonds is 3. The van der Waals surface area contributed by atoms with E-state index in [1.807, 2.05) is 11.8 Å². The standard InChI is InChI=1S/C22H24ClN3O3/c1-12-8-19(27)17(10-18(12)23)20(24)13-4-6-26(7-5-13)22(29)14-2-3-16-15(9-14)11-25-21(16)28/h2-3,8-10,13,20,27H,4-7,11,24H2,1H3,(H,25,28)/t20-/m1/s1. The molecule has 0 unspecified atom stereocenters. The Balaban J connectivity index is 1.42. The van der Waals surface area contributed by atoms with E-state index in [4.69, 9.17) is 17.3 Å². The number of aryl methyl sites for hydroxylation is 1. The molecule has 2 aromatic rings. The number of nitrogens with zero attached hydrogens (tertiary/aromatic N) is 1. The summed E-state index contributed by atoms with van der Waals surface area (Å²) >= 11 is 6.21. The molecule has 2 heterocycles. The van der Waals surface area contributed by atoms with E-state index in [1.54, 1.807) is 30.3 Å². The van der Waals surface area contributed by atoms with Crippen LogP contribution in [0.15, 0.2) is 30.3 Å². The third-order valence-corrected chi connectivity index (χ3v) is 6.45. The first-order chi connectivity index (χ1) is 13.8. The lowest BCUT2D eigenvalue weighted by Crippen LogP contribution is -2.41. The summed E-state index contributed by atoms with van der Waals surface area (Å²) in [5.41, 5.74) is 10.0. The molecule has 0 spiro atoms. The molecule has 2 amide bonds. The highest BCUT2D eigenvalue weighted by Crippen LogP contribution is 2.36. The Morgan fingerprint density at radius 3 is 2.72 bits per heavy atom. The van der Waals surface area contributed by atoms with Crippen molar-refractivity contribution in [1.82, 2.24) is 10.2 Å². The van der Waals surface area contributed by atoms with Gasteiger partial charge in [0.15, 0.2) is 0 Å². The quantitative estimate of drug-likeness (QED) is 0.720. The SMILES string of the molecule is Cc1cc(O)c([C@H](N)C2CCN(C(=O)c3ccc4c(c3)CNC4=O)CC2)cc1Cl. The molecule has 4 rings (SSSR count). The number of piperidine rings is 1. The Hall–Kier alpha value is -2.57. The fourth-order valence-electron chi connectivity index (χ4n) is 4.21. The molecule has 0 radical (unpaired) electrons. The van der Waals surface area contributed by atoms with Crippen molar-refractivity contribution >= 4 is 23.4 Å². The Bertz CT molecular complexity index is 984. The van der Waals surface area contributed by atoms with Crippen LogP contribution in [0.4, 0.5) is 0 Å². The van der Waals surface area contributed by atoms with E-state index < -0.39 is 0 Å². The zero-order valence-corrected chi connectivity index (χ0v) is 17.0. The van der Waals surface area contributed by atoms with E-state index >= 15 is 0 Å². The lowest BCUT2D eigenvalue weighted by atomic mass is 9.85. The van der Waals surface area contributed by atoms with Gasteiger partial charge in [-0.3, -0.25) is 9.59 Å². The number of hydrogen-bond donors (Lipinski definition) is 3. The van der Waals surface area contributed by atoms with Crippen molar-refractivity contribution in [3.8, 4) is 5.75 Å². The molecule has 7 heteroatoms. The van der Waals surface area contributed by atoms with E-state index in [1.165, 1.54) is 0 Å². The smallest absolute Gasteiger partial charge is 0.253 e. The molecule has 0 aliphatic carbocycles. The fraction of sp³-hybridized carbons (Fsp3) is 0.364. The van der Waals surface area contributed by atoms with Crippen LogP contribution in [0.5, 0.6) is 5.75 Å². The van der Waals surface area contributed by atoms with Crippen LogP contribution in [0.2, 0.25) is 5.02 Å². The Morgan fingerprint density at radius 1 is 1.28 bits per heavy atom. The summed E-state index contributed by atoms with van der Waals surface area (Å²) in [4.78, 5) is 26.4. The molecule has 152 valence electrons. The topological polar surface area (TPSA) is 95.7 Å². The zero-order chi connectivity index (χ0) is 20.7. The number of nitrogens with one attached hydrogen (secondary N) is 1. The number of phenols is 1. The van der Waals surface area contributed by atoms with Crippen LogP contribution in [-0.4, -0.2) is 34.9 Å². The maximum atomic E-state index is 12.9. The van der Waals surface area contributed by atoms with E-state index in [-0.39, 0.29) is 29.5 Å². The monoisotopic (exact) mass is 413 g/mol. The number of nitrogens with two attached hydrogens (primary N) is 1. The molecule has 6 nitrogen and oxygen atoms in total. The van der Waals surface area contributed by atoms with Crippen LogP contribution >= 0.6 is 11.6 Å². The van der Waals surface area contributed by atoms with E-state index in [9.17, 15) is 14.7 Å². The van der Waals surface area contributed by atoms with Gasteiger partial charge < -0.3 is 21.1 Å². The van der Waals surface area contributed by atoms with Crippen molar-refractivity contribution in [2.75, 3.05) is 13.1 Å². The summed E-state index contributed by atoms with van der Waals surface area (Å²) in [5, 5.41) is 13.6. The predicted molar refractivity (Wildman–Crippen MR) is 111 cm³/mol. The van der Waals surface area contributed by atoms with Gasteiger partial charge in [0.2, 0.25) is 0 Å². The molecular weight excluding hydrogens is 390 g/mol. The maximum Gasteiger partial charge on any atom is 0.253 e. The van der Waals surface area contributed by atoms with Crippen molar-refractivity contribution in [2.45, 2.75) is 32.4 Å². The number of benzene rings is 2. The van der Waals surface area contributed by atoms with Gasteiger partial charge in [0, 0.05) is 47.4 Å². The summed E-state index contributed by atoms with van der Waals surface area (Å²) in [5.74, 6) is 0.207. The third-order valence-electron chi connectivity index (χ3n) is 6.04. The number of phenolic OH excluding ortho intramolecular Hbond substituents is 1. The highest BCUT2D eigenvalue weighted by atomic mass is 35.5. The average molecular weight is 414 g/mol. The number of amides is 2. The van der Waals surface area contributed by atoms with Crippen LogP contribution in [0.25, 0.3) is 0 Å². The van der Waals surface area contributed by atoms with Crippen LogP contribution < -0.4 is 11.1 Å². The highest BCUT2D eigenvalue weighted by molar-refractivity contribution is 6.31. The first-order valence-electron chi connectivity index (χ1n) is 9.80. The summed E-state index contributed by atoms with van der Waals surface area (Å²) < 4.78 is 0. The average Bonchev–Trinajstić information content (AvgIpc) is 3.10. The molecule has 29 heavy (non-hydrogen) atoms. The largest absolute Gasteiger partial charge is 0.508 e. The Labute approximate surface area is 174 Å². The molecule has 2 aliphatic heterocycles. The van der Waals surface area contributed by atoms with Crippen molar-refractivity contribution in [1.29, 1.82) is 0 Å². The van der Waals surface area contributed by atoms with Gasteiger partial charge in [-0.05, 0) is 67.1 Å². The Morgan fingerprint density at radius 2 is 2.00 bits per heavy atom. The van der Waals surface area contributed by atoms with Crippen LogP contribution in [0.3, 0.4) is 0 Å². The van der Waals surface area contributed by atoms with Gasteiger partial charge in [0.05, 0.1) is 0 Å². The zero-order valence-electron chi connectivity index (χ0n) is 16.2. The molecule has 0 saturated carbocycles. The number of carbonyl (C=O) groups excluding carboxylic acids is 2. The van der Waals surface area contributed by atoms with Gasteiger partial charge in [0.1, 0.15) is 5.75 Å². The summed E-state index contributed by atoms with van der Waals surface area (Å²) in [6.07, 6.45) is 1.51. The number of fused-ring (bicyclic) bond motifs is 1. The second-order valence-corrected chi connectivity index (χ2v) is 8.28. The number of hydrogen-bond acceptors (Lipinski definition) is 4. The van der Waals surface area contributed by atoms with Crippen LogP contribution in [0.1, 0.15) is 56.3 Å². The first kappa shape index (κ1) is 19.7. The third kappa shape index (κ3) is 3.70. The molecule has 2 aliphatic rings. The van der Waals surface area contributed by atoms with E-state index in [0.717, 1.165) is 24.0 Å². The normalized spacial score (nSPS) is 17.8. The summed E-state index contributed by atoms with van der Waals surface area (Å²) in [7, 11) is 0. The second kappa shape index (κ2) is 7.69. The molecule has 0 aromatic heterocycles. The predicted octanol–water partition coefficient (Wildman–Crippen LogP) is 3.15. The second-order valence-electron chi connectivity index (χ2n) is 7.87. The minimum Gasteiger partial charge on any atom is -0.508 e. The minimum atomic E-state index is -0.331. The lowest BCUT2D eigenvalue weighted by Gasteiger charge is -2.35. The van der Waals surface area contributed by atoms with Crippen molar-refractivity contribution in [3.63, 3.8) is 0 Å². The molecule has 2 aromatic carbocycles. The van der Waals surface area contributed by atoms with E-state index in [0.29, 0.717) is 41.3 Å². The molecule has 1 fully saturated rings. The van der Waals surface area contributed by atoms with Gasteiger partial charge in [-0.1, -0.05) is 11.6 Å². The summed E-state index contributed by atoms with van der Waals surface area (Å²) in [6, 6.07) is 8.30. The molecule has 4 N–H and O–H groups in total. The highest BCUT2D eigenvalue weighted by Gasteiger charge is 2.30. The van der Waals surface area contributed by atoms with Crippen LogP contribution in [0, 0.1) is 12.8 Å². The fourth-order valence-corrected chi connectivity index (χ4v) is 4.38. The minimum absolute atomic E-state index is 0.0274. The molecular formula is C22H24ClN3O3. The van der Waals surface area contributed by atoms with Gasteiger partial charge in [-0.15, -0.1) is 0 Å². The van der Waals surface area contributed by atoms with Gasteiger partial charge in [-0.25, -0.2) is 0 Å². The van der Waals surface area contributed by atoms with Gasteiger partial charge >= 0.3 is 0 Å². The van der Waals surface area contributed by atoms with Crippen molar-refractivity contribution < 1.29 is 14.7 Å². The first-order valence-corrected chi connectivity index (χ1v) is 10.2. The molecule has 1 atom stereocenters. The molecule has 0 bridgehead atoms. The van der Waals surface area contributed by atoms with Crippen molar-refractivity contribution in [3.05, 3.63) is 63.2 Å². The Kier molecular flexibility index (Phi) is 5.23. The van der Waals surface area contributed by atoms with Crippen LogP contribution in [-0.2, 0) is 6.54 Å². The molecule has 1 saturated heterocycles. The van der Waals surface area contributed by atoms with Gasteiger partial charge in [0.25, 0.3) is 11.8 Å². The summed E-state index contributed by atoms with van der Waals surface area (Å²) in [6.45, 7) is 3.51. The van der Waals surface area contributed by atoms with Crippen molar-refractivity contribution in [2.24, 2.45) is 11.7 Å². The van der Waals surface area contributed by atoms with Gasteiger partial charge in [-0.2, -0.15) is 0 Å². The number of halogens is 1. The maximum absolute atomic E-state index is 12.9.